The Hall–Kier alpha value is -3.53. The van der Waals surface area contributed by atoms with Crippen LogP contribution in [-0.4, -0.2) is 9.97 Å². The smallest absolute Gasteiger partial charge is 0.222 e. The number of aromatic nitrogens is 2. The average molecular weight is 323 g/mol. The van der Waals surface area contributed by atoms with E-state index in [9.17, 15) is 14.0 Å². The molecule has 118 valence electrons. The van der Waals surface area contributed by atoms with E-state index < -0.39 is 11.6 Å². The van der Waals surface area contributed by atoms with Gasteiger partial charge in [-0.1, -0.05) is 18.2 Å². The van der Waals surface area contributed by atoms with Crippen molar-refractivity contribution < 1.29 is 8.78 Å². The summed E-state index contributed by atoms with van der Waals surface area (Å²) in [6.07, 6.45) is 0. The van der Waals surface area contributed by atoms with E-state index in [2.05, 4.69) is 9.97 Å². The molecule has 0 radical (unpaired) electrons. The molecule has 0 aliphatic heterocycles. The first-order valence-electron chi connectivity index (χ1n) is 6.88. The third kappa shape index (κ3) is 2.73. The second-order valence-corrected chi connectivity index (χ2v) is 5.01. The molecule has 0 saturated heterocycles. The summed E-state index contributed by atoms with van der Waals surface area (Å²) in [6.45, 7) is 0. The lowest BCUT2D eigenvalue weighted by atomic mass is 9.99. The minimum atomic E-state index is -0.686. The maximum atomic E-state index is 14.0. The van der Waals surface area contributed by atoms with Crippen molar-refractivity contribution in [2.75, 3.05) is 11.5 Å². The van der Waals surface area contributed by atoms with Crippen molar-refractivity contribution in [1.82, 2.24) is 9.97 Å². The Kier molecular flexibility index (Phi) is 3.80. The summed E-state index contributed by atoms with van der Waals surface area (Å²) in [5.74, 6) is -1.44. The molecule has 0 amide bonds. The second kappa shape index (κ2) is 5.93. The number of nitrogens with zero attached hydrogens (tertiary/aromatic N) is 3. The van der Waals surface area contributed by atoms with Gasteiger partial charge in [0.05, 0.1) is 5.69 Å². The van der Waals surface area contributed by atoms with Crippen molar-refractivity contribution >= 4 is 11.8 Å². The lowest BCUT2D eigenvalue weighted by Crippen LogP contribution is -2.05. The van der Waals surface area contributed by atoms with Crippen LogP contribution in [-0.2, 0) is 0 Å². The average Bonchev–Trinajstić information content (AvgIpc) is 2.54. The fourth-order valence-corrected chi connectivity index (χ4v) is 2.37. The molecule has 5 nitrogen and oxygen atoms in total. The molecule has 3 aromatic rings. The molecule has 4 N–H and O–H groups in total. The van der Waals surface area contributed by atoms with E-state index in [-0.39, 0.29) is 28.6 Å². The summed E-state index contributed by atoms with van der Waals surface area (Å²) in [6, 6.07) is 11.9. The fraction of sp³-hybridized carbons (Fsp3) is 0. The molecular formula is C17H11F2N5. The van der Waals surface area contributed by atoms with Crippen LogP contribution in [0.2, 0.25) is 0 Å². The number of hydrogen-bond acceptors (Lipinski definition) is 5. The summed E-state index contributed by atoms with van der Waals surface area (Å²) in [5, 5.41) is 9.26. The quantitative estimate of drug-likeness (QED) is 0.754. The van der Waals surface area contributed by atoms with E-state index in [0.29, 0.717) is 11.1 Å². The topological polar surface area (TPSA) is 102 Å². The van der Waals surface area contributed by atoms with E-state index in [1.165, 1.54) is 12.1 Å². The highest BCUT2D eigenvalue weighted by atomic mass is 19.1. The van der Waals surface area contributed by atoms with E-state index in [1.54, 1.807) is 24.3 Å². The second-order valence-electron chi connectivity index (χ2n) is 5.01. The predicted molar refractivity (Wildman–Crippen MR) is 86.4 cm³/mol. The predicted octanol–water partition coefficient (Wildman–Crippen LogP) is 3.12. The van der Waals surface area contributed by atoms with E-state index in [0.717, 1.165) is 6.07 Å². The van der Waals surface area contributed by atoms with Crippen LogP contribution in [0.15, 0.2) is 42.5 Å². The number of nitriles is 1. The first-order valence-corrected chi connectivity index (χ1v) is 6.88. The van der Waals surface area contributed by atoms with Crippen molar-refractivity contribution in [3.05, 3.63) is 59.7 Å². The zero-order chi connectivity index (χ0) is 17.3. The SMILES string of the molecule is N#Cc1c(N)nc(N)nc1-c1cccc(-c2ccc(F)cc2F)c1. The molecule has 7 heteroatoms. The Morgan fingerprint density at radius 3 is 2.42 bits per heavy atom. The molecule has 0 aliphatic carbocycles. The van der Waals surface area contributed by atoms with Crippen molar-refractivity contribution in [1.29, 1.82) is 5.26 Å². The summed E-state index contributed by atoms with van der Waals surface area (Å²) in [7, 11) is 0. The van der Waals surface area contributed by atoms with Crippen molar-refractivity contribution in [2.45, 2.75) is 0 Å². The molecule has 24 heavy (non-hydrogen) atoms. The van der Waals surface area contributed by atoms with E-state index >= 15 is 0 Å². The lowest BCUT2D eigenvalue weighted by Gasteiger charge is -2.09. The first kappa shape index (κ1) is 15.4. The number of nitrogen functional groups attached to an aromatic ring is 2. The molecule has 0 fully saturated rings. The fourth-order valence-electron chi connectivity index (χ4n) is 2.37. The van der Waals surface area contributed by atoms with Gasteiger partial charge in [-0.15, -0.1) is 0 Å². The van der Waals surface area contributed by atoms with Crippen LogP contribution in [0.4, 0.5) is 20.5 Å². The standard InChI is InChI=1S/C17H11F2N5/c18-11-4-5-12(14(19)7-11)9-2-1-3-10(6-9)15-13(8-20)16(21)24-17(22)23-15/h1-7H,(H4,21,22,23,24). The minimum absolute atomic E-state index is 0.0293. The molecule has 0 saturated carbocycles. The van der Waals surface area contributed by atoms with Crippen LogP contribution in [0.5, 0.6) is 0 Å². The Labute approximate surface area is 136 Å². The molecule has 0 spiro atoms. The maximum Gasteiger partial charge on any atom is 0.222 e. The molecule has 0 atom stereocenters. The van der Waals surface area contributed by atoms with Crippen molar-refractivity contribution in [2.24, 2.45) is 0 Å². The highest BCUT2D eigenvalue weighted by Gasteiger charge is 2.14. The highest BCUT2D eigenvalue weighted by molar-refractivity contribution is 5.77. The third-order valence-electron chi connectivity index (χ3n) is 3.44. The highest BCUT2D eigenvalue weighted by Crippen LogP contribution is 2.30. The maximum absolute atomic E-state index is 14.0. The van der Waals surface area contributed by atoms with Gasteiger partial charge in [0.25, 0.3) is 0 Å². The van der Waals surface area contributed by atoms with E-state index in [4.69, 9.17) is 11.5 Å². The summed E-state index contributed by atoms with van der Waals surface area (Å²) >= 11 is 0. The molecule has 3 rings (SSSR count). The normalized spacial score (nSPS) is 10.4. The molecule has 0 aliphatic rings. The Balaban J connectivity index is 2.18. The number of halogens is 2. The van der Waals surface area contributed by atoms with Crippen LogP contribution in [0.1, 0.15) is 5.56 Å². The van der Waals surface area contributed by atoms with Crippen LogP contribution in [0, 0.1) is 23.0 Å². The third-order valence-corrected chi connectivity index (χ3v) is 3.44. The van der Waals surface area contributed by atoms with Crippen molar-refractivity contribution in [3.63, 3.8) is 0 Å². The molecule has 1 heterocycles. The van der Waals surface area contributed by atoms with Gasteiger partial charge in [0.15, 0.2) is 0 Å². The minimum Gasteiger partial charge on any atom is -0.382 e. The van der Waals surface area contributed by atoms with Gasteiger partial charge in [-0.25, -0.2) is 13.8 Å². The van der Waals surface area contributed by atoms with E-state index in [1.807, 2.05) is 6.07 Å². The zero-order valence-corrected chi connectivity index (χ0v) is 12.3. The van der Waals surface area contributed by atoms with Gasteiger partial charge in [-0.05, 0) is 23.8 Å². The molecule has 2 aromatic carbocycles. The number of hydrogen-bond donors (Lipinski definition) is 2. The number of nitrogens with two attached hydrogens (primary N) is 2. The number of benzene rings is 2. The largest absolute Gasteiger partial charge is 0.382 e. The van der Waals surface area contributed by atoms with Crippen LogP contribution >= 0.6 is 0 Å². The Bertz CT molecular complexity index is 979. The van der Waals surface area contributed by atoms with Crippen LogP contribution in [0.3, 0.4) is 0 Å². The van der Waals surface area contributed by atoms with Gasteiger partial charge >= 0.3 is 0 Å². The van der Waals surface area contributed by atoms with Crippen LogP contribution < -0.4 is 11.5 Å². The summed E-state index contributed by atoms with van der Waals surface area (Å²) in [4.78, 5) is 7.81. The molecule has 1 aromatic heterocycles. The monoisotopic (exact) mass is 323 g/mol. The molecule has 0 bridgehead atoms. The number of anilines is 2. The van der Waals surface area contributed by atoms with Crippen molar-refractivity contribution in [3.8, 4) is 28.5 Å². The zero-order valence-electron chi connectivity index (χ0n) is 12.3. The van der Waals surface area contributed by atoms with Crippen LogP contribution in [0.25, 0.3) is 22.4 Å². The van der Waals surface area contributed by atoms with Gasteiger partial charge in [0.1, 0.15) is 29.1 Å². The van der Waals surface area contributed by atoms with Gasteiger partial charge < -0.3 is 11.5 Å². The van der Waals surface area contributed by atoms with Gasteiger partial charge in [-0.2, -0.15) is 10.2 Å². The number of rotatable bonds is 2. The van der Waals surface area contributed by atoms with Gasteiger partial charge in [-0.3, -0.25) is 0 Å². The Morgan fingerprint density at radius 2 is 1.71 bits per heavy atom. The summed E-state index contributed by atoms with van der Waals surface area (Å²) in [5.41, 5.74) is 12.9. The van der Waals surface area contributed by atoms with Gasteiger partial charge in [0, 0.05) is 17.2 Å². The summed E-state index contributed by atoms with van der Waals surface area (Å²) < 4.78 is 27.1. The molecular weight excluding hydrogens is 312 g/mol. The first-order chi connectivity index (χ1) is 11.5. The molecule has 0 unspecified atom stereocenters. The Morgan fingerprint density at radius 1 is 0.958 bits per heavy atom. The lowest BCUT2D eigenvalue weighted by molar-refractivity contribution is 0.585. The van der Waals surface area contributed by atoms with Gasteiger partial charge in [0.2, 0.25) is 5.95 Å².